The maximum Gasteiger partial charge on any atom is 0.230 e. The third kappa shape index (κ3) is 4.92. The number of benzene rings is 2. The Morgan fingerprint density at radius 2 is 2.00 bits per heavy atom. The van der Waals surface area contributed by atoms with Crippen molar-refractivity contribution in [3.8, 4) is 5.75 Å². The Bertz CT molecular complexity index is 703. The Morgan fingerprint density at radius 3 is 2.80 bits per heavy atom. The largest absolute Gasteiger partial charge is 0.497 e. The Labute approximate surface area is 153 Å². The number of rotatable bonds is 8. The highest BCUT2D eigenvalue weighted by molar-refractivity contribution is 8.00. The number of ether oxygens (including phenoxy) is 1. The van der Waals surface area contributed by atoms with E-state index in [0.717, 1.165) is 43.1 Å². The molecule has 132 valence electrons. The van der Waals surface area contributed by atoms with Gasteiger partial charge in [0.15, 0.2) is 0 Å². The van der Waals surface area contributed by atoms with E-state index < -0.39 is 0 Å². The van der Waals surface area contributed by atoms with Gasteiger partial charge in [0, 0.05) is 30.2 Å². The summed E-state index contributed by atoms with van der Waals surface area (Å²) >= 11 is 1.54. The third-order valence-electron chi connectivity index (χ3n) is 4.34. The highest BCUT2D eigenvalue weighted by Gasteiger charge is 2.17. The fourth-order valence-corrected chi connectivity index (χ4v) is 3.74. The summed E-state index contributed by atoms with van der Waals surface area (Å²) in [5.41, 5.74) is 2.78. The van der Waals surface area contributed by atoms with E-state index in [4.69, 9.17) is 4.74 Å². The SMILES string of the molecule is COc1ccc(SCC(=O)NCCCN2CCc3ccccc32)cc1. The second-order valence-corrected chi connectivity index (χ2v) is 7.08. The van der Waals surface area contributed by atoms with Crippen LogP contribution in [0.1, 0.15) is 12.0 Å². The first-order chi connectivity index (χ1) is 12.3. The first-order valence-electron chi connectivity index (χ1n) is 8.62. The molecule has 0 fully saturated rings. The number of hydrogen-bond acceptors (Lipinski definition) is 4. The molecule has 0 aliphatic carbocycles. The zero-order valence-electron chi connectivity index (χ0n) is 14.5. The number of fused-ring (bicyclic) bond motifs is 1. The van der Waals surface area contributed by atoms with Gasteiger partial charge in [0.25, 0.3) is 0 Å². The van der Waals surface area contributed by atoms with Crippen LogP contribution in [0.25, 0.3) is 0 Å². The number of amides is 1. The van der Waals surface area contributed by atoms with Crippen LogP contribution in [0.2, 0.25) is 0 Å². The number of hydrogen-bond donors (Lipinski definition) is 1. The van der Waals surface area contributed by atoms with Crippen LogP contribution in [0.3, 0.4) is 0 Å². The minimum atomic E-state index is 0.0858. The number of anilines is 1. The summed E-state index contributed by atoms with van der Waals surface area (Å²) in [5.74, 6) is 1.36. The standard InChI is InChI=1S/C20H24N2O2S/c1-24-17-7-9-18(10-8-17)25-15-20(23)21-12-4-13-22-14-11-16-5-2-3-6-19(16)22/h2-3,5-10H,4,11-15H2,1H3,(H,21,23). The van der Waals surface area contributed by atoms with E-state index >= 15 is 0 Å². The molecule has 0 unspecified atom stereocenters. The highest BCUT2D eigenvalue weighted by Crippen LogP contribution is 2.27. The Kier molecular flexibility index (Phi) is 6.23. The minimum Gasteiger partial charge on any atom is -0.497 e. The summed E-state index contributed by atoms with van der Waals surface area (Å²) in [6, 6.07) is 16.4. The smallest absolute Gasteiger partial charge is 0.230 e. The van der Waals surface area contributed by atoms with Gasteiger partial charge in [-0.3, -0.25) is 4.79 Å². The zero-order valence-corrected chi connectivity index (χ0v) is 15.3. The van der Waals surface area contributed by atoms with E-state index in [1.807, 2.05) is 24.3 Å². The van der Waals surface area contributed by atoms with Crippen molar-refractivity contribution in [2.45, 2.75) is 17.7 Å². The van der Waals surface area contributed by atoms with Crippen LogP contribution in [0, 0.1) is 0 Å². The Balaban J connectivity index is 1.33. The van der Waals surface area contributed by atoms with Crippen molar-refractivity contribution < 1.29 is 9.53 Å². The molecule has 1 aliphatic heterocycles. The molecule has 1 amide bonds. The van der Waals surface area contributed by atoms with Crippen LogP contribution < -0.4 is 15.0 Å². The number of carbonyl (C=O) groups excluding carboxylic acids is 1. The second kappa shape index (κ2) is 8.81. The van der Waals surface area contributed by atoms with E-state index in [1.165, 1.54) is 11.3 Å². The number of thioether (sulfide) groups is 1. The van der Waals surface area contributed by atoms with Crippen LogP contribution >= 0.6 is 11.8 Å². The maximum atomic E-state index is 12.0. The van der Waals surface area contributed by atoms with Crippen LogP contribution in [0.4, 0.5) is 5.69 Å². The maximum absolute atomic E-state index is 12.0. The molecule has 25 heavy (non-hydrogen) atoms. The predicted molar refractivity (Wildman–Crippen MR) is 104 cm³/mol. The molecular weight excluding hydrogens is 332 g/mol. The van der Waals surface area contributed by atoms with Gasteiger partial charge in [-0.1, -0.05) is 18.2 Å². The van der Waals surface area contributed by atoms with E-state index in [2.05, 4.69) is 34.5 Å². The van der Waals surface area contributed by atoms with E-state index in [1.54, 1.807) is 18.9 Å². The van der Waals surface area contributed by atoms with E-state index in [0.29, 0.717) is 5.75 Å². The van der Waals surface area contributed by atoms with Gasteiger partial charge >= 0.3 is 0 Å². The van der Waals surface area contributed by atoms with Crippen molar-refractivity contribution in [1.29, 1.82) is 0 Å². The molecule has 0 aromatic heterocycles. The van der Waals surface area contributed by atoms with Gasteiger partial charge < -0.3 is 15.0 Å². The number of nitrogens with one attached hydrogen (secondary N) is 1. The van der Waals surface area contributed by atoms with E-state index in [9.17, 15) is 4.79 Å². The van der Waals surface area contributed by atoms with Crippen LogP contribution in [-0.2, 0) is 11.2 Å². The lowest BCUT2D eigenvalue weighted by Crippen LogP contribution is -2.30. The van der Waals surface area contributed by atoms with Gasteiger partial charge in [-0.25, -0.2) is 0 Å². The van der Waals surface area contributed by atoms with Crippen molar-refractivity contribution in [2.75, 3.05) is 37.4 Å². The summed E-state index contributed by atoms with van der Waals surface area (Å²) in [4.78, 5) is 15.4. The molecule has 0 atom stereocenters. The Hall–Kier alpha value is -2.14. The monoisotopic (exact) mass is 356 g/mol. The average Bonchev–Trinajstić information content (AvgIpc) is 3.07. The normalized spacial score (nSPS) is 12.8. The topological polar surface area (TPSA) is 41.6 Å². The minimum absolute atomic E-state index is 0.0858. The van der Waals surface area contributed by atoms with Crippen molar-refractivity contribution in [3.63, 3.8) is 0 Å². The van der Waals surface area contributed by atoms with E-state index in [-0.39, 0.29) is 5.91 Å². The molecule has 0 spiro atoms. The quantitative estimate of drug-likeness (QED) is 0.582. The summed E-state index contributed by atoms with van der Waals surface area (Å²) in [7, 11) is 1.65. The summed E-state index contributed by atoms with van der Waals surface area (Å²) in [6.07, 6.45) is 2.09. The van der Waals surface area contributed by atoms with Gasteiger partial charge in [-0.15, -0.1) is 11.8 Å². The molecule has 1 aliphatic rings. The molecule has 2 aromatic rings. The summed E-state index contributed by atoms with van der Waals surface area (Å²) < 4.78 is 5.13. The Morgan fingerprint density at radius 1 is 1.20 bits per heavy atom. The number of methoxy groups -OCH3 is 1. The molecule has 5 heteroatoms. The molecule has 0 saturated heterocycles. The van der Waals surface area contributed by atoms with Gasteiger partial charge in [0.1, 0.15) is 5.75 Å². The first kappa shape index (κ1) is 17.7. The number of para-hydroxylation sites is 1. The van der Waals surface area contributed by atoms with Gasteiger partial charge in [-0.05, 0) is 48.7 Å². The lowest BCUT2D eigenvalue weighted by Gasteiger charge is -2.19. The molecule has 3 rings (SSSR count). The predicted octanol–water partition coefficient (Wildman–Crippen LogP) is 3.36. The first-order valence-corrected chi connectivity index (χ1v) is 9.61. The van der Waals surface area contributed by atoms with Crippen molar-refractivity contribution >= 4 is 23.4 Å². The average molecular weight is 356 g/mol. The fraction of sp³-hybridized carbons (Fsp3) is 0.350. The van der Waals surface area contributed by atoms with Gasteiger partial charge in [-0.2, -0.15) is 0 Å². The van der Waals surface area contributed by atoms with Crippen LogP contribution in [0.15, 0.2) is 53.4 Å². The lowest BCUT2D eigenvalue weighted by molar-refractivity contribution is -0.118. The molecule has 0 saturated carbocycles. The van der Waals surface area contributed by atoms with Gasteiger partial charge in [0.05, 0.1) is 12.9 Å². The number of carbonyl (C=O) groups is 1. The van der Waals surface area contributed by atoms with Crippen LogP contribution in [-0.4, -0.2) is 38.4 Å². The van der Waals surface area contributed by atoms with Crippen molar-refractivity contribution in [3.05, 3.63) is 54.1 Å². The second-order valence-electron chi connectivity index (χ2n) is 6.03. The van der Waals surface area contributed by atoms with Crippen LogP contribution in [0.5, 0.6) is 5.75 Å². The molecule has 1 N–H and O–H groups in total. The van der Waals surface area contributed by atoms with Gasteiger partial charge in [0.2, 0.25) is 5.91 Å². The third-order valence-corrected chi connectivity index (χ3v) is 5.35. The fourth-order valence-electron chi connectivity index (χ4n) is 3.01. The molecule has 0 radical (unpaired) electrons. The zero-order chi connectivity index (χ0) is 17.5. The lowest BCUT2D eigenvalue weighted by atomic mass is 10.2. The van der Waals surface area contributed by atoms with Crippen molar-refractivity contribution in [2.24, 2.45) is 0 Å². The number of nitrogens with zero attached hydrogens (tertiary/aromatic N) is 1. The summed E-state index contributed by atoms with van der Waals surface area (Å²) in [6.45, 7) is 2.80. The highest BCUT2D eigenvalue weighted by atomic mass is 32.2. The summed E-state index contributed by atoms with van der Waals surface area (Å²) in [5, 5.41) is 3.01. The molecular formula is C20H24N2O2S. The molecule has 1 heterocycles. The van der Waals surface area contributed by atoms with Crippen molar-refractivity contribution in [1.82, 2.24) is 5.32 Å². The molecule has 4 nitrogen and oxygen atoms in total. The molecule has 2 aromatic carbocycles. The molecule has 0 bridgehead atoms.